The second-order valence-electron chi connectivity index (χ2n) is 6.60. The molecular weight excluding hydrogens is 292 g/mol. The molecule has 2 heterocycles. The van der Waals surface area contributed by atoms with Crippen molar-refractivity contribution in [2.45, 2.75) is 36.6 Å². The van der Waals surface area contributed by atoms with E-state index in [1.165, 1.54) is 0 Å². The molecule has 4 atom stereocenters. The molecule has 0 saturated heterocycles. The zero-order chi connectivity index (χ0) is 16.2. The molecule has 120 valence electrons. The van der Waals surface area contributed by atoms with Crippen molar-refractivity contribution in [3.63, 3.8) is 0 Å². The van der Waals surface area contributed by atoms with Gasteiger partial charge in [0, 0.05) is 18.5 Å². The molecule has 0 radical (unpaired) electrons. The summed E-state index contributed by atoms with van der Waals surface area (Å²) >= 11 is 0. The van der Waals surface area contributed by atoms with Crippen LogP contribution in [-0.2, 0) is 5.41 Å². The normalized spacial score (nSPS) is 34.8. The molecule has 0 fully saturated rings. The van der Waals surface area contributed by atoms with Crippen molar-refractivity contribution < 1.29 is 14.6 Å². The van der Waals surface area contributed by atoms with Crippen LogP contribution in [0.2, 0.25) is 0 Å². The first-order valence-corrected chi connectivity index (χ1v) is 7.93. The van der Waals surface area contributed by atoms with Gasteiger partial charge in [0.1, 0.15) is 6.10 Å². The van der Waals surface area contributed by atoms with E-state index in [0.717, 1.165) is 29.8 Å². The smallest absolute Gasteiger partial charge is 0.305 e. The van der Waals surface area contributed by atoms with Crippen molar-refractivity contribution in [2.75, 3.05) is 20.7 Å². The highest BCUT2D eigenvalue weighted by molar-refractivity contribution is 5.62. The SMILES string of the molecule is [C-]#[N+][C@H]1c2ccc(OC)c3c2[C@@]2(C=C[C@H](O)C[C@@H]2O3)CCN1C. The first-order valence-electron chi connectivity index (χ1n) is 7.93. The summed E-state index contributed by atoms with van der Waals surface area (Å²) in [5.74, 6) is 1.45. The van der Waals surface area contributed by atoms with Gasteiger partial charge < -0.3 is 14.6 Å². The Labute approximate surface area is 135 Å². The lowest BCUT2D eigenvalue weighted by Gasteiger charge is -2.35. The molecule has 3 aliphatic rings. The van der Waals surface area contributed by atoms with E-state index in [9.17, 15) is 5.11 Å². The van der Waals surface area contributed by atoms with Crippen LogP contribution in [0.3, 0.4) is 0 Å². The largest absolute Gasteiger partial charge is 0.493 e. The van der Waals surface area contributed by atoms with Crippen LogP contribution in [0.15, 0.2) is 24.3 Å². The third-order valence-corrected chi connectivity index (χ3v) is 5.44. The lowest BCUT2D eigenvalue weighted by atomic mass is 9.69. The van der Waals surface area contributed by atoms with E-state index in [1.54, 1.807) is 7.11 Å². The third-order valence-electron chi connectivity index (χ3n) is 5.44. The highest BCUT2D eigenvalue weighted by Gasteiger charge is 2.54. The lowest BCUT2D eigenvalue weighted by molar-refractivity contribution is 0.0816. The molecule has 1 spiro atoms. The lowest BCUT2D eigenvalue weighted by Crippen LogP contribution is -2.42. The Morgan fingerprint density at radius 2 is 2.30 bits per heavy atom. The molecule has 1 aliphatic carbocycles. The van der Waals surface area contributed by atoms with Crippen LogP contribution in [-0.4, -0.2) is 42.9 Å². The average molecular weight is 312 g/mol. The van der Waals surface area contributed by atoms with Crippen molar-refractivity contribution in [1.29, 1.82) is 0 Å². The summed E-state index contributed by atoms with van der Waals surface area (Å²) in [6, 6.07) is 3.88. The predicted molar refractivity (Wildman–Crippen MR) is 85.4 cm³/mol. The molecule has 5 heteroatoms. The highest BCUT2D eigenvalue weighted by atomic mass is 16.5. The van der Waals surface area contributed by atoms with Gasteiger partial charge >= 0.3 is 6.17 Å². The summed E-state index contributed by atoms with van der Waals surface area (Å²) in [4.78, 5) is 5.94. The van der Waals surface area contributed by atoms with Gasteiger partial charge in [0.2, 0.25) is 0 Å². The molecule has 1 N–H and O–H groups in total. The topological polar surface area (TPSA) is 46.3 Å². The van der Waals surface area contributed by atoms with Crippen molar-refractivity contribution >= 4 is 0 Å². The molecule has 0 amide bonds. The first kappa shape index (κ1) is 14.6. The van der Waals surface area contributed by atoms with Gasteiger partial charge in [-0.25, -0.2) is 11.5 Å². The summed E-state index contributed by atoms with van der Waals surface area (Å²) in [5, 5.41) is 10.0. The van der Waals surface area contributed by atoms with E-state index in [2.05, 4.69) is 15.8 Å². The maximum atomic E-state index is 10.0. The van der Waals surface area contributed by atoms with Gasteiger partial charge in [-0.1, -0.05) is 12.2 Å². The number of hydrogen-bond acceptors (Lipinski definition) is 4. The molecule has 1 aromatic rings. The maximum absolute atomic E-state index is 10.0. The zero-order valence-corrected chi connectivity index (χ0v) is 13.3. The van der Waals surface area contributed by atoms with Gasteiger partial charge in [-0.05, 0) is 25.6 Å². The van der Waals surface area contributed by atoms with Gasteiger partial charge in [0.15, 0.2) is 11.5 Å². The number of ether oxygens (including phenoxy) is 2. The molecule has 0 bridgehead atoms. The minimum Gasteiger partial charge on any atom is -0.493 e. The Morgan fingerprint density at radius 3 is 3.04 bits per heavy atom. The molecule has 0 aromatic heterocycles. The molecule has 0 unspecified atom stereocenters. The van der Waals surface area contributed by atoms with Crippen LogP contribution >= 0.6 is 0 Å². The Morgan fingerprint density at radius 1 is 1.48 bits per heavy atom. The number of nitrogens with zero attached hydrogens (tertiary/aromatic N) is 2. The van der Waals surface area contributed by atoms with Gasteiger partial charge in [-0.3, -0.25) is 4.85 Å². The summed E-state index contributed by atoms with van der Waals surface area (Å²) in [5.41, 5.74) is 1.81. The van der Waals surface area contributed by atoms with E-state index in [1.807, 2.05) is 25.3 Å². The fraction of sp³-hybridized carbons (Fsp3) is 0.500. The molecule has 4 rings (SSSR count). The van der Waals surface area contributed by atoms with Crippen molar-refractivity contribution in [3.05, 3.63) is 46.8 Å². The fourth-order valence-electron chi connectivity index (χ4n) is 4.25. The maximum Gasteiger partial charge on any atom is 0.305 e. The molecule has 0 saturated carbocycles. The minimum atomic E-state index is -0.480. The van der Waals surface area contributed by atoms with Crippen LogP contribution < -0.4 is 9.47 Å². The number of benzene rings is 1. The van der Waals surface area contributed by atoms with Crippen LogP contribution in [0.1, 0.15) is 30.1 Å². The first-order chi connectivity index (χ1) is 11.1. The zero-order valence-electron chi connectivity index (χ0n) is 13.3. The van der Waals surface area contributed by atoms with Crippen LogP contribution in [0.4, 0.5) is 0 Å². The molecule has 5 nitrogen and oxygen atoms in total. The molecule has 1 aromatic carbocycles. The minimum absolute atomic E-state index is 0.106. The number of aliphatic hydroxyl groups excluding tert-OH is 1. The van der Waals surface area contributed by atoms with Crippen molar-refractivity contribution in [1.82, 2.24) is 4.90 Å². The van der Waals surface area contributed by atoms with E-state index >= 15 is 0 Å². The molecular formula is C18H20N2O3. The van der Waals surface area contributed by atoms with E-state index in [-0.39, 0.29) is 17.7 Å². The number of rotatable bonds is 1. The van der Waals surface area contributed by atoms with Gasteiger partial charge in [0.05, 0.1) is 24.2 Å². The fourth-order valence-corrected chi connectivity index (χ4v) is 4.25. The summed E-state index contributed by atoms with van der Waals surface area (Å²) in [6.07, 6.45) is 4.52. The second kappa shape index (κ2) is 4.98. The number of methoxy groups -OCH3 is 1. The predicted octanol–water partition coefficient (Wildman–Crippen LogP) is 2.27. The summed E-state index contributed by atoms with van der Waals surface area (Å²) in [6.45, 7) is 8.44. The average Bonchev–Trinajstić information content (AvgIpc) is 2.82. The second-order valence-corrected chi connectivity index (χ2v) is 6.60. The molecule has 23 heavy (non-hydrogen) atoms. The van der Waals surface area contributed by atoms with Crippen LogP contribution in [0.25, 0.3) is 4.85 Å². The van der Waals surface area contributed by atoms with E-state index in [0.29, 0.717) is 12.2 Å². The molecule has 2 aliphatic heterocycles. The number of aliphatic hydroxyl groups is 1. The van der Waals surface area contributed by atoms with E-state index in [4.69, 9.17) is 16.0 Å². The van der Waals surface area contributed by atoms with Gasteiger partial charge in [0.25, 0.3) is 0 Å². The van der Waals surface area contributed by atoms with Crippen LogP contribution in [0.5, 0.6) is 11.5 Å². The Bertz CT molecular complexity index is 724. The van der Waals surface area contributed by atoms with Gasteiger partial charge in [-0.2, -0.15) is 0 Å². The monoisotopic (exact) mass is 312 g/mol. The Kier molecular flexibility index (Phi) is 3.15. The summed E-state index contributed by atoms with van der Waals surface area (Å²) in [7, 11) is 3.63. The standard InChI is InChI=1S/C18H20N2O3/c1-19-17-12-4-5-13(22-3)16-15(12)18(8-9-20(17)2)7-6-11(21)10-14(18)23-16/h4-7,11,14,17,21H,8-10H2,2-3H3/t11-,14-,17+,18-/m0/s1. The van der Waals surface area contributed by atoms with E-state index < -0.39 is 6.10 Å². The van der Waals surface area contributed by atoms with Crippen molar-refractivity contribution in [2.24, 2.45) is 0 Å². The summed E-state index contributed by atoms with van der Waals surface area (Å²) < 4.78 is 11.7. The Balaban J connectivity index is 2.00. The van der Waals surface area contributed by atoms with Crippen LogP contribution in [0, 0.1) is 6.57 Å². The van der Waals surface area contributed by atoms with Gasteiger partial charge in [-0.15, -0.1) is 0 Å². The third kappa shape index (κ3) is 1.85. The van der Waals surface area contributed by atoms with Crippen molar-refractivity contribution in [3.8, 4) is 11.5 Å². The Hall–Kier alpha value is -2.03. The highest BCUT2D eigenvalue weighted by Crippen LogP contribution is 2.57. The number of hydrogen-bond donors (Lipinski definition) is 1. The quantitative estimate of drug-likeness (QED) is 0.638.